The van der Waals surface area contributed by atoms with Gasteiger partial charge in [-0.25, -0.2) is 0 Å². The third-order valence-corrected chi connectivity index (χ3v) is 4.60. The Morgan fingerprint density at radius 1 is 1.43 bits per heavy atom. The van der Waals surface area contributed by atoms with E-state index in [1.54, 1.807) is 7.11 Å². The summed E-state index contributed by atoms with van der Waals surface area (Å²) in [6.45, 7) is 10.9. The van der Waals surface area contributed by atoms with Gasteiger partial charge in [0.2, 0.25) is 0 Å². The van der Waals surface area contributed by atoms with Crippen LogP contribution in [0.3, 0.4) is 0 Å². The number of rotatable bonds is 6. The standard InChI is InChI=1S/C17H31N5O/c1-6-18-17(22-10-8-15(11-22)12-23-5)19-9-7-16-13(2)20-21(4)14(16)3/h15H,6-12H2,1-5H3,(H,18,19). The molecular weight excluding hydrogens is 290 g/mol. The monoisotopic (exact) mass is 321 g/mol. The van der Waals surface area contributed by atoms with Crippen LogP contribution in [0.4, 0.5) is 0 Å². The fourth-order valence-electron chi connectivity index (χ4n) is 3.28. The molecule has 2 heterocycles. The lowest BCUT2D eigenvalue weighted by molar-refractivity contribution is 0.157. The molecule has 130 valence electrons. The summed E-state index contributed by atoms with van der Waals surface area (Å²) < 4.78 is 7.24. The van der Waals surface area contributed by atoms with Crippen LogP contribution < -0.4 is 5.32 Å². The minimum absolute atomic E-state index is 0.617. The first kappa shape index (κ1) is 17.8. The SMILES string of the molecule is CCNC(=NCCc1c(C)nn(C)c1C)N1CCC(COC)C1. The second-order valence-electron chi connectivity index (χ2n) is 6.31. The van der Waals surface area contributed by atoms with Crippen LogP contribution in [0.25, 0.3) is 0 Å². The van der Waals surface area contributed by atoms with Crippen molar-refractivity contribution >= 4 is 5.96 Å². The van der Waals surface area contributed by atoms with Crippen molar-refractivity contribution in [3.63, 3.8) is 0 Å². The highest BCUT2D eigenvalue weighted by atomic mass is 16.5. The van der Waals surface area contributed by atoms with Crippen molar-refractivity contribution in [1.82, 2.24) is 20.0 Å². The van der Waals surface area contributed by atoms with E-state index in [0.29, 0.717) is 5.92 Å². The largest absolute Gasteiger partial charge is 0.384 e. The van der Waals surface area contributed by atoms with Crippen LogP contribution in [0.1, 0.15) is 30.3 Å². The minimum atomic E-state index is 0.617. The van der Waals surface area contributed by atoms with Gasteiger partial charge in [0.05, 0.1) is 12.3 Å². The Hall–Kier alpha value is -1.56. The Morgan fingerprint density at radius 3 is 2.83 bits per heavy atom. The molecule has 23 heavy (non-hydrogen) atoms. The molecule has 0 aliphatic carbocycles. The number of aromatic nitrogens is 2. The zero-order chi connectivity index (χ0) is 16.8. The average molecular weight is 321 g/mol. The summed E-state index contributed by atoms with van der Waals surface area (Å²) in [6.07, 6.45) is 2.12. The Kier molecular flexibility index (Phi) is 6.45. The highest BCUT2D eigenvalue weighted by Crippen LogP contribution is 2.17. The van der Waals surface area contributed by atoms with E-state index in [2.05, 4.69) is 36.1 Å². The number of likely N-dealkylation sites (tertiary alicyclic amines) is 1. The Balaban J connectivity index is 1.96. The highest BCUT2D eigenvalue weighted by molar-refractivity contribution is 5.80. The van der Waals surface area contributed by atoms with Crippen molar-refractivity contribution in [3.8, 4) is 0 Å². The lowest BCUT2D eigenvalue weighted by Crippen LogP contribution is -2.40. The molecule has 0 aromatic carbocycles. The highest BCUT2D eigenvalue weighted by Gasteiger charge is 2.24. The lowest BCUT2D eigenvalue weighted by Gasteiger charge is -2.21. The van der Waals surface area contributed by atoms with Crippen molar-refractivity contribution in [2.75, 3.05) is 39.9 Å². The van der Waals surface area contributed by atoms with Gasteiger partial charge in [-0.2, -0.15) is 5.10 Å². The summed E-state index contributed by atoms with van der Waals surface area (Å²) >= 11 is 0. The number of nitrogens with one attached hydrogen (secondary N) is 1. The number of guanidine groups is 1. The second-order valence-corrected chi connectivity index (χ2v) is 6.31. The second kappa shape index (κ2) is 8.34. The third kappa shape index (κ3) is 4.47. The van der Waals surface area contributed by atoms with Crippen LogP contribution in [0, 0.1) is 19.8 Å². The molecule has 0 bridgehead atoms. The number of aryl methyl sites for hydroxylation is 2. The van der Waals surface area contributed by atoms with E-state index in [1.165, 1.54) is 17.7 Å². The number of hydrogen-bond donors (Lipinski definition) is 1. The van der Waals surface area contributed by atoms with Gasteiger partial charge in [-0.1, -0.05) is 0 Å². The molecule has 1 saturated heterocycles. The van der Waals surface area contributed by atoms with Gasteiger partial charge in [-0.05, 0) is 39.2 Å². The molecule has 1 N–H and O–H groups in total. The Bertz CT molecular complexity index is 537. The fourth-order valence-corrected chi connectivity index (χ4v) is 3.28. The summed E-state index contributed by atoms with van der Waals surface area (Å²) in [5.74, 6) is 1.65. The van der Waals surface area contributed by atoms with E-state index in [0.717, 1.165) is 50.9 Å². The van der Waals surface area contributed by atoms with Gasteiger partial charge < -0.3 is 15.0 Å². The molecule has 0 amide bonds. The van der Waals surface area contributed by atoms with Crippen molar-refractivity contribution < 1.29 is 4.74 Å². The summed E-state index contributed by atoms with van der Waals surface area (Å²) in [7, 11) is 3.78. The topological polar surface area (TPSA) is 54.7 Å². The molecule has 1 aromatic rings. The Morgan fingerprint density at radius 2 is 2.22 bits per heavy atom. The number of hydrogen-bond acceptors (Lipinski definition) is 3. The molecule has 6 nitrogen and oxygen atoms in total. The van der Waals surface area contributed by atoms with Gasteiger partial charge in [0.1, 0.15) is 0 Å². The van der Waals surface area contributed by atoms with Gasteiger partial charge in [-0.15, -0.1) is 0 Å². The molecule has 1 fully saturated rings. The summed E-state index contributed by atoms with van der Waals surface area (Å²) in [5.41, 5.74) is 3.68. The molecule has 0 saturated carbocycles. The maximum atomic E-state index is 5.29. The van der Waals surface area contributed by atoms with Gasteiger partial charge in [0.15, 0.2) is 5.96 Å². The van der Waals surface area contributed by atoms with E-state index in [-0.39, 0.29) is 0 Å². The third-order valence-electron chi connectivity index (χ3n) is 4.60. The minimum Gasteiger partial charge on any atom is -0.384 e. The average Bonchev–Trinajstić information content (AvgIpc) is 3.06. The van der Waals surface area contributed by atoms with E-state index in [1.807, 2.05) is 11.7 Å². The fraction of sp³-hybridized carbons (Fsp3) is 0.765. The first-order chi connectivity index (χ1) is 11.1. The molecule has 6 heteroatoms. The van der Waals surface area contributed by atoms with E-state index in [9.17, 15) is 0 Å². The summed E-state index contributed by atoms with van der Waals surface area (Å²) in [4.78, 5) is 7.19. The molecule has 1 unspecified atom stereocenters. The van der Waals surface area contributed by atoms with Gasteiger partial charge in [-0.3, -0.25) is 9.67 Å². The molecule has 1 aliphatic rings. The number of methoxy groups -OCH3 is 1. The number of aliphatic imine (C=N–C) groups is 1. The molecule has 2 rings (SSSR count). The number of ether oxygens (including phenoxy) is 1. The zero-order valence-corrected chi connectivity index (χ0v) is 15.2. The normalized spacial score (nSPS) is 18.7. The van der Waals surface area contributed by atoms with Crippen LogP contribution >= 0.6 is 0 Å². The van der Waals surface area contributed by atoms with Gasteiger partial charge in [0.25, 0.3) is 0 Å². The van der Waals surface area contributed by atoms with E-state index >= 15 is 0 Å². The van der Waals surface area contributed by atoms with Crippen molar-refractivity contribution in [3.05, 3.63) is 17.0 Å². The molecule has 0 spiro atoms. The van der Waals surface area contributed by atoms with Crippen LogP contribution in [0.2, 0.25) is 0 Å². The van der Waals surface area contributed by atoms with Crippen LogP contribution in [-0.4, -0.2) is 60.5 Å². The Labute approximate surface area is 139 Å². The maximum Gasteiger partial charge on any atom is 0.193 e. The zero-order valence-electron chi connectivity index (χ0n) is 15.2. The van der Waals surface area contributed by atoms with Crippen LogP contribution in [-0.2, 0) is 18.2 Å². The maximum absolute atomic E-state index is 5.29. The van der Waals surface area contributed by atoms with Crippen LogP contribution in [0.15, 0.2) is 4.99 Å². The first-order valence-corrected chi connectivity index (χ1v) is 8.58. The van der Waals surface area contributed by atoms with Crippen LogP contribution in [0.5, 0.6) is 0 Å². The van der Waals surface area contributed by atoms with Crippen molar-refractivity contribution in [1.29, 1.82) is 0 Å². The smallest absolute Gasteiger partial charge is 0.193 e. The van der Waals surface area contributed by atoms with Crippen molar-refractivity contribution in [2.45, 2.75) is 33.6 Å². The van der Waals surface area contributed by atoms with Gasteiger partial charge in [0, 0.05) is 51.9 Å². The van der Waals surface area contributed by atoms with Gasteiger partial charge >= 0.3 is 0 Å². The molecular formula is C17H31N5O. The first-order valence-electron chi connectivity index (χ1n) is 8.58. The molecule has 1 atom stereocenters. The molecule has 0 radical (unpaired) electrons. The molecule has 1 aromatic heterocycles. The summed E-state index contributed by atoms with van der Waals surface area (Å²) in [5, 5.41) is 7.90. The quantitative estimate of drug-likeness (QED) is 0.637. The van der Waals surface area contributed by atoms with E-state index in [4.69, 9.17) is 9.73 Å². The predicted molar refractivity (Wildman–Crippen MR) is 93.9 cm³/mol. The predicted octanol–water partition coefficient (Wildman–Crippen LogP) is 1.51. The lowest BCUT2D eigenvalue weighted by atomic mass is 10.1. The van der Waals surface area contributed by atoms with Crippen molar-refractivity contribution in [2.24, 2.45) is 18.0 Å². The molecule has 1 aliphatic heterocycles. The summed E-state index contributed by atoms with van der Waals surface area (Å²) in [6, 6.07) is 0. The number of nitrogens with zero attached hydrogens (tertiary/aromatic N) is 4. The van der Waals surface area contributed by atoms with E-state index < -0.39 is 0 Å².